The van der Waals surface area contributed by atoms with E-state index in [1.165, 1.54) is 0 Å². The quantitative estimate of drug-likeness (QED) is 0.877. The second-order valence-electron chi connectivity index (χ2n) is 4.14. The van der Waals surface area contributed by atoms with Crippen LogP contribution < -0.4 is 10.0 Å². The zero-order valence-electron chi connectivity index (χ0n) is 10.3. The summed E-state index contributed by atoms with van der Waals surface area (Å²) >= 11 is 5.87. The smallest absolute Gasteiger partial charge is 0.489 e. The van der Waals surface area contributed by atoms with Gasteiger partial charge in [0.1, 0.15) is 12.4 Å². The van der Waals surface area contributed by atoms with E-state index in [1.807, 2.05) is 25.1 Å². The molecule has 98 valence electrons. The van der Waals surface area contributed by atoms with Crippen LogP contribution in [0.2, 0.25) is 5.02 Å². The van der Waals surface area contributed by atoms with Crippen molar-refractivity contribution >= 4 is 24.9 Å². The molecule has 1 unspecified atom stereocenters. The second kappa shape index (κ2) is 6.16. The zero-order chi connectivity index (χ0) is 13.8. The minimum Gasteiger partial charge on any atom is -0.489 e. The molecule has 0 aliphatic carbocycles. The number of ether oxygens (including phenoxy) is 1. The summed E-state index contributed by atoms with van der Waals surface area (Å²) in [7, 11) is -2.31. The first-order valence-electron chi connectivity index (χ1n) is 5.70. The molecule has 0 aliphatic heterocycles. The number of hydrogen-bond acceptors (Lipinski definition) is 2. The Kier molecular flexibility index (Phi) is 4.54. The molecule has 5 heteroatoms. The SMILES string of the molecule is Cc1cc(Cl)ccc1OCc1cccc([P+](=O)O)c1. The van der Waals surface area contributed by atoms with Crippen molar-refractivity contribution in [1.82, 2.24) is 0 Å². The van der Waals surface area contributed by atoms with Crippen molar-refractivity contribution in [2.45, 2.75) is 13.5 Å². The highest BCUT2D eigenvalue weighted by Crippen LogP contribution is 2.23. The summed E-state index contributed by atoms with van der Waals surface area (Å²) in [5, 5.41) is 1.08. The van der Waals surface area contributed by atoms with Gasteiger partial charge in [0.2, 0.25) is 5.30 Å². The van der Waals surface area contributed by atoms with Crippen LogP contribution in [0.3, 0.4) is 0 Å². The molecule has 19 heavy (non-hydrogen) atoms. The van der Waals surface area contributed by atoms with Gasteiger partial charge in [0.15, 0.2) is 0 Å². The minimum absolute atomic E-state index is 0.347. The van der Waals surface area contributed by atoms with Gasteiger partial charge in [0, 0.05) is 11.1 Å². The second-order valence-corrected chi connectivity index (χ2v) is 5.64. The van der Waals surface area contributed by atoms with Crippen molar-refractivity contribution < 1.29 is 14.2 Å². The number of aryl methyl sites for hydroxylation is 1. The number of hydrogen-bond donors (Lipinski definition) is 1. The summed E-state index contributed by atoms with van der Waals surface area (Å²) in [6.07, 6.45) is 0. The van der Waals surface area contributed by atoms with Crippen LogP contribution in [-0.2, 0) is 11.2 Å². The normalized spacial score (nSPS) is 11.2. The fourth-order valence-electron chi connectivity index (χ4n) is 1.70. The van der Waals surface area contributed by atoms with Crippen LogP contribution >= 0.6 is 19.6 Å². The van der Waals surface area contributed by atoms with Gasteiger partial charge in [-0.05, 0) is 46.9 Å². The maximum Gasteiger partial charge on any atom is 0.546 e. The van der Waals surface area contributed by atoms with Gasteiger partial charge in [0.05, 0.1) is 0 Å². The average Bonchev–Trinajstić information content (AvgIpc) is 2.38. The Morgan fingerprint density at radius 1 is 1.26 bits per heavy atom. The molecule has 1 N–H and O–H groups in total. The Bertz CT molecular complexity index is 613. The Hall–Kier alpha value is -1.41. The topological polar surface area (TPSA) is 46.5 Å². The lowest BCUT2D eigenvalue weighted by Gasteiger charge is -2.09. The number of halogens is 1. The van der Waals surface area contributed by atoms with Crippen molar-refractivity contribution in [1.29, 1.82) is 0 Å². The minimum atomic E-state index is -2.31. The number of rotatable bonds is 4. The maximum atomic E-state index is 11.0. The van der Waals surface area contributed by atoms with Crippen molar-refractivity contribution in [3.63, 3.8) is 0 Å². The summed E-state index contributed by atoms with van der Waals surface area (Å²) in [4.78, 5) is 9.06. The van der Waals surface area contributed by atoms with Gasteiger partial charge in [-0.1, -0.05) is 23.7 Å². The molecule has 2 rings (SSSR count). The zero-order valence-corrected chi connectivity index (χ0v) is 12.0. The first kappa shape index (κ1) is 14.0. The van der Waals surface area contributed by atoms with Crippen LogP contribution in [0.15, 0.2) is 42.5 Å². The van der Waals surface area contributed by atoms with Crippen molar-refractivity contribution in [2.24, 2.45) is 0 Å². The first-order valence-corrected chi connectivity index (χ1v) is 7.29. The molecular weight excluding hydrogens is 283 g/mol. The molecule has 0 spiro atoms. The molecule has 0 saturated heterocycles. The highest BCUT2D eigenvalue weighted by atomic mass is 35.5. The molecule has 0 bridgehead atoms. The van der Waals surface area contributed by atoms with Gasteiger partial charge >= 0.3 is 8.03 Å². The van der Waals surface area contributed by atoms with E-state index in [0.29, 0.717) is 16.9 Å². The van der Waals surface area contributed by atoms with E-state index in [4.69, 9.17) is 21.2 Å². The van der Waals surface area contributed by atoms with Crippen LogP contribution in [0.4, 0.5) is 0 Å². The van der Waals surface area contributed by atoms with E-state index < -0.39 is 8.03 Å². The lowest BCUT2D eigenvalue weighted by atomic mass is 10.2. The summed E-state index contributed by atoms with van der Waals surface area (Å²) in [5.74, 6) is 0.753. The Morgan fingerprint density at radius 3 is 2.74 bits per heavy atom. The van der Waals surface area contributed by atoms with E-state index in [-0.39, 0.29) is 0 Å². The molecule has 0 fully saturated rings. The summed E-state index contributed by atoms with van der Waals surface area (Å²) in [6, 6.07) is 12.3. The van der Waals surface area contributed by atoms with Gasteiger partial charge in [0.25, 0.3) is 0 Å². The summed E-state index contributed by atoms with van der Waals surface area (Å²) in [5.41, 5.74) is 1.81. The van der Waals surface area contributed by atoms with Gasteiger partial charge in [-0.3, -0.25) is 0 Å². The van der Waals surface area contributed by atoms with Crippen LogP contribution in [0, 0.1) is 6.92 Å². The molecule has 0 heterocycles. The highest BCUT2D eigenvalue weighted by molar-refractivity contribution is 7.47. The molecule has 0 aromatic heterocycles. The monoisotopic (exact) mass is 295 g/mol. The molecular formula is C14H13ClO3P+. The van der Waals surface area contributed by atoms with E-state index in [0.717, 1.165) is 16.9 Å². The van der Waals surface area contributed by atoms with E-state index in [2.05, 4.69) is 0 Å². The molecule has 0 amide bonds. The third-order valence-electron chi connectivity index (χ3n) is 2.66. The average molecular weight is 296 g/mol. The van der Waals surface area contributed by atoms with E-state index in [1.54, 1.807) is 24.3 Å². The summed E-state index contributed by atoms with van der Waals surface area (Å²) < 4.78 is 16.7. The van der Waals surface area contributed by atoms with Crippen LogP contribution in [0.1, 0.15) is 11.1 Å². The van der Waals surface area contributed by atoms with Crippen molar-refractivity contribution in [3.8, 4) is 5.75 Å². The molecule has 3 nitrogen and oxygen atoms in total. The summed E-state index contributed by atoms with van der Waals surface area (Å²) in [6.45, 7) is 2.27. The lowest BCUT2D eigenvalue weighted by Crippen LogP contribution is -2.02. The Morgan fingerprint density at radius 2 is 2.05 bits per heavy atom. The van der Waals surface area contributed by atoms with E-state index >= 15 is 0 Å². The fourth-order valence-corrected chi connectivity index (χ4v) is 2.42. The Labute approximate surface area is 117 Å². The molecule has 2 aromatic carbocycles. The molecule has 1 atom stereocenters. The van der Waals surface area contributed by atoms with Gasteiger partial charge in [-0.2, -0.15) is 4.89 Å². The van der Waals surface area contributed by atoms with Gasteiger partial charge in [-0.25, -0.2) is 0 Å². The fraction of sp³-hybridized carbons (Fsp3) is 0.143. The standard InChI is InChI=1S/C14H12ClO3P/c1-10-7-12(15)5-6-14(10)18-9-11-3-2-4-13(8-11)19(16)17/h2-8H,9H2,1H3/p+1. The third kappa shape index (κ3) is 3.77. The van der Waals surface area contributed by atoms with Gasteiger partial charge in [-0.15, -0.1) is 0 Å². The predicted molar refractivity (Wildman–Crippen MR) is 76.4 cm³/mol. The van der Waals surface area contributed by atoms with Crippen molar-refractivity contribution in [2.75, 3.05) is 0 Å². The molecule has 0 radical (unpaired) electrons. The largest absolute Gasteiger partial charge is 0.546 e. The first-order chi connectivity index (χ1) is 9.06. The van der Waals surface area contributed by atoms with Crippen molar-refractivity contribution in [3.05, 3.63) is 58.6 Å². The number of benzene rings is 2. The van der Waals surface area contributed by atoms with Crippen LogP contribution in [0.5, 0.6) is 5.75 Å². The van der Waals surface area contributed by atoms with Crippen LogP contribution in [0.25, 0.3) is 0 Å². The van der Waals surface area contributed by atoms with Crippen LogP contribution in [-0.4, -0.2) is 4.89 Å². The predicted octanol–water partition coefficient (Wildman–Crippen LogP) is 3.59. The third-order valence-corrected chi connectivity index (χ3v) is 3.62. The lowest BCUT2D eigenvalue weighted by molar-refractivity contribution is 0.304. The molecule has 0 aliphatic rings. The van der Waals surface area contributed by atoms with E-state index in [9.17, 15) is 4.57 Å². The van der Waals surface area contributed by atoms with Gasteiger partial charge < -0.3 is 4.74 Å². The molecule has 0 saturated carbocycles. The molecule has 2 aromatic rings. The maximum absolute atomic E-state index is 11.0. The highest BCUT2D eigenvalue weighted by Gasteiger charge is 2.15. The Balaban J connectivity index is 2.10.